The number of likely N-dealkylation sites (N-methyl/N-ethyl adjacent to an activating group) is 1. The van der Waals surface area contributed by atoms with Gasteiger partial charge in [0.25, 0.3) is 0 Å². The molecule has 0 aromatic heterocycles. The van der Waals surface area contributed by atoms with Crippen LogP contribution in [0.1, 0.15) is 18.1 Å². The van der Waals surface area contributed by atoms with Crippen molar-refractivity contribution in [1.82, 2.24) is 10.2 Å². The van der Waals surface area contributed by atoms with Gasteiger partial charge in [-0.2, -0.15) is 0 Å². The second-order valence-electron chi connectivity index (χ2n) is 8.57. The molecule has 7 nitrogen and oxygen atoms in total. The maximum absolute atomic E-state index is 14.0. The maximum atomic E-state index is 14.0. The summed E-state index contributed by atoms with van der Waals surface area (Å²) < 4.78 is 27.3. The van der Waals surface area contributed by atoms with E-state index in [0.717, 1.165) is 20.6 Å². The van der Waals surface area contributed by atoms with Gasteiger partial charge in [-0.25, -0.2) is 8.42 Å². The minimum Gasteiger partial charge on any atom is -0.355 e. The number of carbonyl (C=O) groups excluding carboxylic acids is 2. The van der Waals surface area contributed by atoms with Crippen molar-refractivity contribution in [3.05, 3.63) is 98.4 Å². The smallest absolute Gasteiger partial charge is 0.244 e. The Kier molecular flexibility index (Phi) is 10.6. The molecular formula is C27H28BrCl2N3O4S. The average Bonchev–Trinajstić information content (AvgIpc) is 2.87. The highest BCUT2D eigenvalue weighted by Crippen LogP contribution is 2.28. The van der Waals surface area contributed by atoms with Gasteiger partial charge in [-0.1, -0.05) is 75.5 Å². The molecule has 3 rings (SSSR count). The molecule has 1 N–H and O–H groups in total. The highest BCUT2D eigenvalue weighted by molar-refractivity contribution is 9.10. The zero-order valence-electron chi connectivity index (χ0n) is 20.9. The van der Waals surface area contributed by atoms with Crippen LogP contribution in [0.4, 0.5) is 5.69 Å². The maximum Gasteiger partial charge on any atom is 0.244 e. The van der Waals surface area contributed by atoms with Crippen LogP contribution in [-0.2, 0) is 32.6 Å². The quantitative estimate of drug-likeness (QED) is 0.308. The molecule has 3 aromatic carbocycles. The number of amides is 2. The number of nitrogens with zero attached hydrogens (tertiary/aromatic N) is 2. The van der Waals surface area contributed by atoms with Crippen molar-refractivity contribution in [3.8, 4) is 0 Å². The Morgan fingerprint density at radius 2 is 1.55 bits per heavy atom. The number of nitrogens with one attached hydrogen (secondary N) is 1. The fourth-order valence-corrected chi connectivity index (χ4v) is 5.55. The lowest BCUT2D eigenvalue weighted by atomic mass is 10.0. The van der Waals surface area contributed by atoms with Gasteiger partial charge in [0.2, 0.25) is 21.8 Å². The van der Waals surface area contributed by atoms with Crippen LogP contribution < -0.4 is 9.62 Å². The fourth-order valence-electron chi connectivity index (χ4n) is 3.92. The van der Waals surface area contributed by atoms with Gasteiger partial charge in [-0.05, 0) is 48.9 Å². The topological polar surface area (TPSA) is 86.8 Å². The Balaban J connectivity index is 2.08. The second-order valence-corrected chi connectivity index (χ2v) is 12.2. The number of rotatable bonds is 11. The number of hydrogen-bond acceptors (Lipinski definition) is 4. The second kappa shape index (κ2) is 13.5. The normalized spacial score (nSPS) is 12.0. The summed E-state index contributed by atoms with van der Waals surface area (Å²) in [5, 5.41) is 3.46. The van der Waals surface area contributed by atoms with Gasteiger partial charge < -0.3 is 10.2 Å². The largest absolute Gasteiger partial charge is 0.355 e. The Bertz CT molecular complexity index is 1350. The summed E-state index contributed by atoms with van der Waals surface area (Å²) in [5.74, 6) is -0.955. The summed E-state index contributed by atoms with van der Waals surface area (Å²) in [5.41, 5.74) is 1.61. The summed E-state index contributed by atoms with van der Waals surface area (Å²) in [7, 11) is -3.85. The van der Waals surface area contributed by atoms with Gasteiger partial charge in [0, 0.05) is 39.6 Å². The number of halogens is 3. The predicted octanol–water partition coefficient (Wildman–Crippen LogP) is 5.30. The van der Waals surface area contributed by atoms with Crippen molar-refractivity contribution in [1.29, 1.82) is 0 Å². The highest BCUT2D eigenvalue weighted by Gasteiger charge is 2.33. The lowest BCUT2D eigenvalue weighted by Crippen LogP contribution is -2.53. The number of benzene rings is 3. The van der Waals surface area contributed by atoms with Gasteiger partial charge in [0.05, 0.1) is 11.9 Å². The Morgan fingerprint density at radius 3 is 2.11 bits per heavy atom. The molecule has 0 aliphatic carbocycles. The van der Waals surface area contributed by atoms with Gasteiger partial charge in [0.1, 0.15) is 12.6 Å². The van der Waals surface area contributed by atoms with E-state index in [9.17, 15) is 18.0 Å². The van der Waals surface area contributed by atoms with E-state index in [1.54, 1.807) is 49.4 Å². The molecule has 0 saturated carbocycles. The molecule has 0 saturated heterocycles. The number of sulfonamides is 1. The lowest BCUT2D eigenvalue weighted by molar-refractivity contribution is -0.140. The van der Waals surface area contributed by atoms with E-state index in [2.05, 4.69) is 21.2 Å². The molecule has 1 atom stereocenters. The molecule has 0 bridgehead atoms. The van der Waals surface area contributed by atoms with Gasteiger partial charge >= 0.3 is 0 Å². The molecule has 0 aliphatic rings. The van der Waals surface area contributed by atoms with E-state index >= 15 is 0 Å². The van der Waals surface area contributed by atoms with Crippen molar-refractivity contribution in [2.24, 2.45) is 0 Å². The fraction of sp³-hybridized carbons (Fsp3) is 0.259. The molecule has 202 valence electrons. The molecule has 0 spiro atoms. The molecule has 0 heterocycles. The third-order valence-corrected chi connectivity index (χ3v) is 8.18. The average molecular weight is 641 g/mol. The monoisotopic (exact) mass is 639 g/mol. The van der Waals surface area contributed by atoms with E-state index in [-0.39, 0.29) is 18.9 Å². The van der Waals surface area contributed by atoms with Gasteiger partial charge in [-0.3, -0.25) is 13.9 Å². The van der Waals surface area contributed by atoms with Crippen molar-refractivity contribution >= 4 is 66.7 Å². The Labute approximate surface area is 241 Å². The molecule has 38 heavy (non-hydrogen) atoms. The minimum absolute atomic E-state index is 0.0933. The van der Waals surface area contributed by atoms with E-state index in [1.807, 2.05) is 30.3 Å². The molecular weight excluding hydrogens is 613 g/mol. The summed E-state index contributed by atoms with van der Waals surface area (Å²) in [6, 6.07) is 19.9. The standard InChI is InChI=1S/C27H28BrCl2N3O4S/c1-3-31-27(35)25(16-19-8-5-4-6-9-19)32(17-22-23(29)10-7-11-24(22)30)26(34)18-33(38(2,36)37)21-14-12-20(28)13-15-21/h4-15,25H,3,16-18H2,1-2H3,(H,31,35). The van der Waals surface area contributed by atoms with E-state index < -0.39 is 28.5 Å². The van der Waals surface area contributed by atoms with Crippen molar-refractivity contribution in [2.45, 2.75) is 25.9 Å². The van der Waals surface area contributed by atoms with Crippen LogP contribution in [0.15, 0.2) is 77.3 Å². The van der Waals surface area contributed by atoms with Crippen LogP contribution in [0, 0.1) is 0 Å². The lowest BCUT2D eigenvalue weighted by Gasteiger charge is -2.33. The number of carbonyl (C=O) groups is 2. The van der Waals surface area contributed by atoms with Crippen LogP contribution in [0.25, 0.3) is 0 Å². The molecule has 3 aromatic rings. The molecule has 0 radical (unpaired) electrons. The van der Waals surface area contributed by atoms with E-state index in [4.69, 9.17) is 23.2 Å². The summed E-state index contributed by atoms with van der Waals surface area (Å²) in [6.45, 7) is 1.53. The summed E-state index contributed by atoms with van der Waals surface area (Å²) in [4.78, 5) is 28.6. The van der Waals surface area contributed by atoms with Crippen molar-refractivity contribution in [2.75, 3.05) is 23.7 Å². The van der Waals surface area contributed by atoms with Crippen LogP contribution >= 0.6 is 39.1 Å². The zero-order valence-corrected chi connectivity index (χ0v) is 24.8. The summed E-state index contributed by atoms with van der Waals surface area (Å²) in [6.07, 6.45) is 1.24. The van der Waals surface area contributed by atoms with Crippen molar-refractivity contribution < 1.29 is 18.0 Å². The predicted molar refractivity (Wildman–Crippen MR) is 156 cm³/mol. The molecule has 0 aliphatic heterocycles. The molecule has 2 amide bonds. The van der Waals surface area contributed by atoms with Crippen LogP contribution in [0.2, 0.25) is 10.0 Å². The first-order chi connectivity index (χ1) is 18.0. The highest BCUT2D eigenvalue weighted by atomic mass is 79.9. The van der Waals surface area contributed by atoms with E-state index in [0.29, 0.717) is 27.8 Å². The minimum atomic E-state index is -3.85. The number of anilines is 1. The Hall–Kier alpha value is -2.59. The molecule has 1 unspecified atom stereocenters. The zero-order chi connectivity index (χ0) is 27.9. The van der Waals surface area contributed by atoms with Crippen molar-refractivity contribution in [3.63, 3.8) is 0 Å². The third kappa shape index (κ3) is 7.96. The van der Waals surface area contributed by atoms with Crippen LogP contribution in [-0.4, -0.2) is 50.5 Å². The van der Waals surface area contributed by atoms with Gasteiger partial charge in [-0.15, -0.1) is 0 Å². The van der Waals surface area contributed by atoms with E-state index in [1.165, 1.54) is 4.90 Å². The molecule has 11 heteroatoms. The first-order valence-electron chi connectivity index (χ1n) is 11.8. The Morgan fingerprint density at radius 1 is 0.947 bits per heavy atom. The summed E-state index contributed by atoms with van der Waals surface area (Å²) >= 11 is 16.2. The first-order valence-corrected chi connectivity index (χ1v) is 15.2. The number of hydrogen-bond donors (Lipinski definition) is 1. The SMILES string of the molecule is CCNC(=O)C(Cc1ccccc1)N(Cc1c(Cl)cccc1Cl)C(=O)CN(c1ccc(Br)cc1)S(C)(=O)=O. The third-order valence-electron chi connectivity index (χ3n) is 5.81. The molecule has 0 fully saturated rings. The van der Waals surface area contributed by atoms with Crippen LogP contribution in [0.5, 0.6) is 0 Å². The first kappa shape index (κ1) is 30.0. The van der Waals surface area contributed by atoms with Gasteiger partial charge in [0.15, 0.2) is 0 Å². The van der Waals surface area contributed by atoms with Crippen LogP contribution in [0.3, 0.4) is 0 Å².